The van der Waals surface area contributed by atoms with Crippen molar-refractivity contribution in [1.82, 2.24) is 19.9 Å². The Labute approximate surface area is 141 Å². The van der Waals surface area contributed by atoms with Crippen LogP contribution in [-0.4, -0.2) is 26.5 Å². The fraction of sp³-hybridized carbons (Fsp3) is 0.333. The van der Waals surface area contributed by atoms with Gasteiger partial charge in [-0.2, -0.15) is 9.97 Å². The van der Waals surface area contributed by atoms with E-state index < -0.39 is 0 Å². The van der Waals surface area contributed by atoms with Crippen LogP contribution in [0.5, 0.6) is 0 Å². The molecule has 0 amide bonds. The molecule has 24 heavy (non-hydrogen) atoms. The quantitative estimate of drug-likeness (QED) is 0.668. The second-order valence-corrected chi connectivity index (χ2v) is 5.83. The van der Waals surface area contributed by atoms with Gasteiger partial charge in [-0.25, -0.2) is 9.97 Å². The topological polar surface area (TPSA) is 75.6 Å². The highest BCUT2D eigenvalue weighted by Gasteiger charge is 2.10. The van der Waals surface area contributed by atoms with E-state index in [-0.39, 0.29) is 0 Å². The number of rotatable bonds is 6. The number of aryl methyl sites for hydroxylation is 2. The van der Waals surface area contributed by atoms with Gasteiger partial charge in [0.25, 0.3) is 0 Å². The van der Waals surface area contributed by atoms with Gasteiger partial charge in [-0.05, 0) is 43.5 Å². The Kier molecular flexibility index (Phi) is 4.84. The van der Waals surface area contributed by atoms with Gasteiger partial charge in [0.05, 0.1) is 0 Å². The lowest BCUT2D eigenvalue weighted by Crippen LogP contribution is -2.08. The zero-order valence-corrected chi connectivity index (χ0v) is 14.3. The average molecular weight is 322 g/mol. The van der Waals surface area contributed by atoms with Gasteiger partial charge in [0.15, 0.2) is 17.0 Å². The van der Waals surface area contributed by atoms with Gasteiger partial charge in [-0.1, -0.05) is 19.4 Å². The van der Waals surface area contributed by atoms with Gasteiger partial charge in [0, 0.05) is 24.6 Å². The number of unbranched alkanes of at least 4 members (excludes halogenated alkanes) is 1. The molecule has 1 aromatic carbocycles. The van der Waals surface area contributed by atoms with Gasteiger partial charge >= 0.3 is 0 Å². The van der Waals surface area contributed by atoms with Crippen LogP contribution in [0, 0.1) is 13.8 Å². The van der Waals surface area contributed by atoms with Crippen LogP contribution >= 0.6 is 0 Å². The van der Waals surface area contributed by atoms with Crippen molar-refractivity contribution in [1.29, 1.82) is 0 Å². The molecule has 0 saturated carbocycles. The molecule has 6 heteroatoms. The Morgan fingerprint density at radius 2 is 1.83 bits per heavy atom. The van der Waals surface area contributed by atoms with Gasteiger partial charge in [0.1, 0.15) is 0 Å². The van der Waals surface area contributed by atoms with Gasteiger partial charge in [-0.3, -0.25) is 0 Å². The van der Waals surface area contributed by atoms with Crippen LogP contribution in [-0.2, 0) is 0 Å². The van der Waals surface area contributed by atoms with E-state index in [0.29, 0.717) is 22.9 Å². The summed E-state index contributed by atoms with van der Waals surface area (Å²) in [5.41, 5.74) is 4.71. The molecule has 0 bridgehead atoms. The van der Waals surface area contributed by atoms with E-state index in [1.807, 2.05) is 6.07 Å². The molecule has 6 nitrogen and oxygen atoms in total. The van der Waals surface area contributed by atoms with Gasteiger partial charge in [0.2, 0.25) is 5.95 Å². The number of nitrogens with one attached hydrogen (secondary N) is 2. The van der Waals surface area contributed by atoms with Crippen LogP contribution in [0.4, 0.5) is 17.5 Å². The van der Waals surface area contributed by atoms with E-state index in [9.17, 15) is 0 Å². The molecule has 3 rings (SSSR count). The van der Waals surface area contributed by atoms with Crippen molar-refractivity contribution in [3.63, 3.8) is 0 Å². The molecule has 0 unspecified atom stereocenters. The van der Waals surface area contributed by atoms with Crippen LogP contribution in [0.15, 0.2) is 30.6 Å². The van der Waals surface area contributed by atoms with Gasteiger partial charge < -0.3 is 10.6 Å². The number of fused-ring (bicyclic) bond motifs is 1. The van der Waals surface area contributed by atoms with Crippen molar-refractivity contribution in [2.75, 3.05) is 17.2 Å². The minimum atomic E-state index is 0.572. The fourth-order valence-corrected chi connectivity index (χ4v) is 2.36. The maximum absolute atomic E-state index is 4.58. The second-order valence-electron chi connectivity index (χ2n) is 5.83. The zero-order chi connectivity index (χ0) is 16.9. The maximum Gasteiger partial charge on any atom is 0.226 e. The SMILES string of the molecule is CCCCNc1nc(Nc2ccc(C)c(C)c2)c2nccnc2n1. The Bertz CT molecular complexity index is 846. The summed E-state index contributed by atoms with van der Waals surface area (Å²) in [6, 6.07) is 6.23. The molecule has 0 atom stereocenters. The largest absolute Gasteiger partial charge is 0.354 e. The van der Waals surface area contributed by atoms with Crippen molar-refractivity contribution >= 4 is 28.6 Å². The normalized spacial score (nSPS) is 10.8. The van der Waals surface area contributed by atoms with E-state index in [0.717, 1.165) is 25.1 Å². The molecule has 0 radical (unpaired) electrons. The molecule has 0 aliphatic carbocycles. The highest BCUT2D eigenvalue weighted by atomic mass is 15.2. The Balaban J connectivity index is 1.96. The van der Waals surface area contributed by atoms with Crippen molar-refractivity contribution in [3.05, 3.63) is 41.7 Å². The predicted octanol–water partition coefficient (Wildman–Crippen LogP) is 3.99. The molecular weight excluding hydrogens is 300 g/mol. The Hall–Kier alpha value is -2.76. The monoisotopic (exact) mass is 322 g/mol. The minimum absolute atomic E-state index is 0.572. The summed E-state index contributed by atoms with van der Waals surface area (Å²) < 4.78 is 0. The number of aromatic nitrogens is 4. The molecule has 3 aromatic rings. The van der Waals surface area contributed by atoms with E-state index in [2.05, 4.69) is 63.5 Å². The molecular formula is C18H22N6. The van der Waals surface area contributed by atoms with E-state index >= 15 is 0 Å². The molecule has 0 spiro atoms. The summed E-state index contributed by atoms with van der Waals surface area (Å²) in [5, 5.41) is 6.61. The van der Waals surface area contributed by atoms with E-state index in [1.165, 1.54) is 11.1 Å². The Morgan fingerprint density at radius 1 is 1.00 bits per heavy atom. The molecule has 0 aliphatic heterocycles. The zero-order valence-electron chi connectivity index (χ0n) is 14.3. The number of anilines is 3. The summed E-state index contributed by atoms with van der Waals surface area (Å²) in [5.74, 6) is 1.23. The molecule has 2 N–H and O–H groups in total. The summed E-state index contributed by atoms with van der Waals surface area (Å²) in [4.78, 5) is 17.7. The first-order valence-electron chi connectivity index (χ1n) is 8.24. The van der Waals surface area contributed by atoms with Gasteiger partial charge in [-0.15, -0.1) is 0 Å². The lowest BCUT2D eigenvalue weighted by molar-refractivity contribution is 0.827. The number of hydrogen-bond donors (Lipinski definition) is 2. The highest BCUT2D eigenvalue weighted by Crippen LogP contribution is 2.23. The summed E-state index contributed by atoms with van der Waals surface area (Å²) in [6.07, 6.45) is 5.49. The first-order chi connectivity index (χ1) is 11.7. The fourth-order valence-electron chi connectivity index (χ4n) is 2.36. The summed E-state index contributed by atoms with van der Waals surface area (Å²) in [7, 11) is 0. The minimum Gasteiger partial charge on any atom is -0.354 e. The lowest BCUT2D eigenvalue weighted by atomic mass is 10.1. The third-order valence-electron chi connectivity index (χ3n) is 3.92. The number of benzene rings is 1. The van der Waals surface area contributed by atoms with Crippen LogP contribution in [0.3, 0.4) is 0 Å². The predicted molar refractivity (Wildman–Crippen MR) is 97.7 cm³/mol. The molecule has 0 aliphatic rings. The average Bonchev–Trinajstić information content (AvgIpc) is 2.58. The van der Waals surface area contributed by atoms with Crippen LogP contribution < -0.4 is 10.6 Å². The third-order valence-corrected chi connectivity index (χ3v) is 3.92. The summed E-state index contributed by atoms with van der Waals surface area (Å²) >= 11 is 0. The summed E-state index contributed by atoms with van der Waals surface area (Å²) in [6.45, 7) is 7.18. The first-order valence-corrected chi connectivity index (χ1v) is 8.24. The standard InChI is InChI=1S/C18H22N6/c1-4-5-8-21-18-23-16-15(19-9-10-20-16)17(24-18)22-14-7-6-12(2)13(3)11-14/h6-7,9-11H,4-5,8H2,1-3H3,(H2,20,21,22,23,24). The van der Waals surface area contributed by atoms with Crippen LogP contribution in [0.1, 0.15) is 30.9 Å². The van der Waals surface area contributed by atoms with E-state index in [1.54, 1.807) is 12.4 Å². The third kappa shape index (κ3) is 3.59. The van der Waals surface area contributed by atoms with Crippen LogP contribution in [0.2, 0.25) is 0 Å². The van der Waals surface area contributed by atoms with Crippen molar-refractivity contribution < 1.29 is 0 Å². The van der Waals surface area contributed by atoms with Crippen molar-refractivity contribution in [2.24, 2.45) is 0 Å². The van der Waals surface area contributed by atoms with E-state index in [4.69, 9.17) is 0 Å². The molecule has 0 saturated heterocycles. The lowest BCUT2D eigenvalue weighted by Gasteiger charge is -2.11. The van der Waals surface area contributed by atoms with Crippen molar-refractivity contribution in [2.45, 2.75) is 33.6 Å². The number of nitrogens with zero attached hydrogens (tertiary/aromatic N) is 4. The van der Waals surface area contributed by atoms with Crippen LogP contribution in [0.25, 0.3) is 11.2 Å². The maximum atomic E-state index is 4.58. The molecule has 124 valence electrons. The molecule has 2 heterocycles. The first kappa shape index (κ1) is 16.1. The van der Waals surface area contributed by atoms with Crippen molar-refractivity contribution in [3.8, 4) is 0 Å². The molecule has 0 fully saturated rings. The number of hydrogen-bond acceptors (Lipinski definition) is 6. The molecule has 2 aromatic heterocycles. The smallest absolute Gasteiger partial charge is 0.226 e. The Morgan fingerprint density at radius 3 is 2.62 bits per heavy atom. The highest BCUT2D eigenvalue weighted by molar-refractivity contribution is 5.85. The second kappa shape index (κ2) is 7.21.